The first kappa shape index (κ1) is 23.0. The van der Waals surface area contributed by atoms with Gasteiger partial charge in [0.05, 0.1) is 5.69 Å². The van der Waals surface area contributed by atoms with Gasteiger partial charge in [-0.15, -0.1) is 0 Å². The number of benzene rings is 1. The van der Waals surface area contributed by atoms with E-state index in [-0.39, 0.29) is 0 Å². The Bertz CT molecular complexity index is 865. The molecule has 2 heterocycles. The number of halogens is 2. The number of guanidine groups is 1. The number of hydrogen-bond acceptors (Lipinski definition) is 4. The van der Waals surface area contributed by atoms with Gasteiger partial charge in [-0.1, -0.05) is 19.0 Å². The molecule has 0 saturated carbocycles. The quantitative estimate of drug-likeness (QED) is 0.452. The van der Waals surface area contributed by atoms with Crippen molar-refractivity contribution in [1.82, 2.24) is 15.8 Å². The minimum Gasteiger partial charge on any atom is -0.371 e. The van der Waals surface area contributed by atoms with E-state index in [1.807, 2.05) is 13.0 Å². The normalized spacial score (nSPS) is 16.9. The molecule has 6 nitrogen and oxygen atoms in total. The van der Waals surface area contributed by atoms with E-state index in [0.29, 0.717) is 18.4 Å². The molecule has 1 aromatic carbocycles. The summed E-state index contributed by atoms with van der Waals surface area (Å²) in [7, 11) is 0. The minimum atomic E-state index is -0.813. The zero-order chi connectivity index (χ0) is 22.2. The summed E-state index contributed by atoms with van der Waals surface area (Å²) in [6.45, 7) is 9.88. The number of nitrogens with zero attached hydrogens (tertiary/aromatic N) is 3. The Morgan fingerprint density at radius 1 is 1.19 bits per heavy atom. The van der Waals surface area contributed by atoms with Crippen molar-refractivity contribution >= 4 is 11.6 Å². The summed E-state index contributed by atoms with van der Waals surface area (Å²) in [5.74, 6) is 0.682. The third-order valence-electron chi connectivity index (χ3n) is 5.83. The number of aromatic nitrogens is 1. The number of hydrogen-bond donors (Lipinski definition) is 2. The van der Waals surface area contributed by atoms with Gasteiger partial charge in [-0.05, 0) is 44.2 Å². The van der Waals surface area contributed by atoms with Gasteiger partial charge in [0.15, 0.2) is 23.4 Å². The van der Waals surface area contributed by atoms with E-state index in [4.69, 9.17) is 4.52 Å². The molecule has 1 unspecified atom stereocenters. The Hall–Kier alpha value is -2.64. The Kier molecular flexibility index (Phi) is 8.26. The number of rotatable bonds is 9. The topological polar surface area (TPSA) is 65.7 Å². The molecular formula is C23H33F2N5O. The molecule has 2 N–H and O–H groups in total. The maximum atomic E-state index is 13.5. The van der Waals surface area contributed by atoms with E-state index in [9.17, 15) is 8.78 Å². The number of aliphatic imine (C=N–C) groups is 1. The lowest BCUT2D eigenvalue weighted by Crippen LogP contribution is -2.40. The molecule has 0 bridgehead atoms. The third-order valence-corrected chi connectivity index (χ3v) is 5.83. The van der Waals surface area contributed by atoms with Crippen LogP contribution in [-0.2, 0) is 6.54 Å². The lowest BCUT2D eigenvalue weighted by Gasteiger charge is -2.19. The first-order valence-electron chi connectivity index (χ1n) is 11.2. The van der Waals surface area contributed by atoms with Gasteiger partial charge in [-0.3, -0.25) is 0 Å². The highest BCUT2D eigenvalue weighted by atomic mass is 19.2. The van der Waals surface area contributed by atoms with Gasteiger partial charge in [0.2, 0.25) is 0 Å². The van der Waals surface area contributed by atoms with E-state index in [1.165, 1.54) is 12.1 Å². The van der Waals surface area contributed by atoms with Gasteiger partial charge < -0.3 is 20.1 Å². The van der Waals surface area contributed by atoms with Crippen LogP contribution in [0.4, 0.5) is 14.5 Å². The molecule has 2 aromatic rings. The monoisotopic (exact) mass is 433 g/mol. The van der Waals surface area contributed by atoms with Crippen LogP contribution in [0.2, 0.25) is 0 Å². The van der Waals surface area contributed by atoms with Crippen molar-refractivity contribution in [1.29, 1.82) is 0 Å². The molecule has 31 heavy (non-hydrogen) atoms. The summed E-state index contributed by atoms with van der Waals surface area (Å²) in [5.41, 5.74) is 1.72. The Balaban J connectivity index is 1.53. The van der Waals surface area contributed by atoms with Crippen LogP contribution in [-0.4, -0.2) is 37.3 Å². The van der Waals surface area contributed by atoms with Crippen LogP contribution in [0.1, 0.15) is 57.4 Å². The summed E-state index contributed by atoms with van der Waals surface area (Å²) in [5, 5.41) is 10.8. The SMILES string of the molecule is CCNC(=NCc1cc(C(CC)CC)no1)NCC1CCN(c2ccc(F)c(F)c2)C1. The predicted molar refractivity (Wildman–Crippen MR) is 119 cm³/mol. The second-order valence-corrected chi connectivity index (χ2v) is 8.01. The highest BCUT2D eigenvalue weighted by Gasteiger charge is 2.23. The van der Waals surface area contributed by atoms with E-state index in [2.05, 4.69) is 39.5 Å². The van der Waals surface area contributed by atoms with Crippen molar-refractivity contribution in [2.75, 3.05) is 31.1 Å². The molecule has 1 fully saturated rings. The maximum absolute atomic E-state index is 13.5. The smallest absolute Gasteiger partial charge is 0.191 e. The van der Waals surface area contributed by atoms with Crippen LogP contribution in [0.3, 0.4) is 0 Å². The zero-order valence-electron chi connectivity index (χ0n) is 18.6. The van der Waals surface area contributed by atoms with Crippen molar-refractivity contribution in [3.05, 3.63) is 47.4 Å². The number of nitrogens with one attached hydrogen (secondary N) is 2. The second kappa shape index (κ2) is 11.1. The molecule has 1 aliphatic rings. The number of anilines is 1. The van der Waals surface area contributed by atoms with Crippen molar-refractivity contribution in [2.45, 2.75) is 52.5 Å². The standard InChI is InChI=1S/C23H33F2N5O/c1-4-17(5-2)22-12-19(31-29-22)14-28-23(26-6-3)27-13-16-9-10-30(15-16)18-7-8-20(24)21(25)11-18/h7-8,11-12,16-17H,4-6,9-10,13-15H2,1-3H3,(H2,26,27,28). The Morgan fingerprint density at radius 3 is 2.71 bits per heavy atom. The molecule has 0 radical (unpaired) electrons. The van der Waals surface area contributed by atoms with Gasteiger partial charge in [0.1, 0.15) is 6.54 Å². The van der Waals surface area contributed by atoms with E-state index >= 15 is 0 Å². The van der Waals surface area contributed by atoms with Gasteiger partial charge in [-0.2, -0.15) is 0 Å². The summed E-state index contributed by atoms with van der Waals surface area (Å²) in [4.78, 5) is 6.71. The van der Waals surface area contributed by atoms with Crippen LogP contribution < -0.4 is 15.5 Å². The van der Waals surface area contributed by atoms with Crippen molar-refractivity contribution in [3.8, 4) is 0 Å². The summed E-state index contributed by atoms with van der Waals surface area (Å²) < 4.78 is 32.2. The first-order chi connectivity index (χ1) is 15.0. The van der Waals surface area contributed by atoms with Crippen LogP contribution in [0.5, 0.6) is 0 Å². The first-order valence-corrected chi connectivity index (χ1v) is 11.2. The highest BCUT2D eigenvalue weighted by molar-refractivity contribution is 5.79. The fourth-order valence-corrected chi connectivity index (χ4v) is 3.96. The average molecular weight is 434 g/mol. The molecule has 0 aliphatic carbocycles. The van der Waals surface area contributed by atoms with Gasteiger partial charge in [-0.25, -0.2) is 13.8 Å². The Labute approximate surface area is 183 Å². The fourth-order valence-electron chi connectivity index (χ4n) is 3.96. The molecule has 1 atom stereocenters. The van der Waals surface area contributed by atoms with Gasteiger partial charge >= 0.3 is 0 Å². The van der Waals surface area contributed by atoms with E-state index < -0.39 is 11.6 Å². The lowest BCUT2D eigenvalue weighted by atomic mass is 9.99. The fraction of sp³-hybridized carbons (Fsp3) is 0.565. The lowest BCUT2D eigenvalue weighted by molar-refractivity contribution is 0.372. The van der Waals surface area contributed by atoms with Gasteiger partial charge in [0.25, 0.3) is 0 Å². The molecule has 0 amide bonds. The molecule has 3 rings (SSSR count). The average Bonchev–Trinajstić information content (AvgIpc) is 3.43. The van der Waals surface area contributed by atoms with E-state index in [1.54, 1.807) is 6.07 Å². The zero-order valence-corrected chi connectivity index (χ0v) is 18.6. The van der Waals surface area contributed by atoms with Crippen LogP contribution >= 0.6 is 0 Å². The van der Waals surface area contributed by atoms with Gasteiger partial charge in [0, 0.05) is 49.9 Å². The largest absolute Gasteiger partial charge is 0.371 e. The predicted octanol–water partition coefficient (Wildman–Crippen LogP) is 4.44. The maximum Gasteiger partial charge on any atom is 0.191 e. The van der Waals surface area contributed by atoms with Crippen LogP contribution in [0.15, 0.2) is 33.8 Å². The van der Waals surface area contributed by atoms with E-state index in [0.717, 1.165) is 68.5 Å². The van der Waals surface area contributed by atoms with Crippen molar-refractivity contribution < 1.29 is 13.3 Å². The minimum absolute atomic E-state index is 0.392. The highest BCUT2D eigenvalue weighted by Crippen LogP contribution is 2.25. The summed E-state index contributed by atoms with van der Waals surface area (Å²) in [6, 6.07) is 6.09. The third kappa shape index (κ3) is 6.18. The molecule has 1 saturated heterocycles. The Morgan fingerprint density at radius 2 is 2.00 bits per heavy atom. The molecule has 0 spiro atoms. The van der Waals surface area contributed by atoms with Crippen molar-refractivity contribution in [2.24, 2.45) is 10.9 Å². The molecule has 1 aromatic heterocycles. The summed E-state index contributed by atoms with van der Waals surface area (Å²) >= 11 is 0. The van der Waals surface area contributed by atoms with Crippen LogP contribution in [0.25, 0.3) is 0 Å². The molecule has 8 heteroatoms. The second-order valence-electron chi connectivity index (χ2n) is 8.01. The van der Waals surface area contributed by atoms with Crippen LogP contribution in [0, 0.1) is 17.6 Å². The summed E-state index contributed by atoms with van der Waals surface area (Å²) in [6.07, 6.45) is 3.06. The molecule has 170 valence electrons. The molecular weight excluding hydrogens is 400 g/mol. The molecule has 1 aliphatic heterocycles. The van der Waals surface area contributed by atoms with Crippen molar-refractivity contribution in [3.63, 3.8) is 0 Å².